The molecule has 0 saturated carbocycles. The van der Waals surface area contributed by atoms with E-state index in [0.29, 0.717) is 0 Å². The summed E-state index contributed by atoms with van der Waals surface area (Å²) in [7, 11) is 0. The van der Waals surface area contributed by atoms with E-state index in [9.17, 15) is 0 Å². The third-order valence-electron chi connectivity index (χ3n) is 3.62. The van der Waals surface area contributed by atoms with Crippen molar-refractivity contribution in [1.82, 2.24) is 4.98 Å². The van der Waals surface area contributed by atoms with Gasteiger partial charge in [0.1, 0.15) is 10.6 Å². The minimum absolute atomic E-state index is 0.781. The van der Waals surface area contributed by atoms with Gasteiger partial charge in [0.15, 0.2) is 0 Å². The van der Waals surface area contributed by atoms with Crippen LogP contribution in [0.5, 0.6) is 0 Å². The lowest BCUT2D eigenvalue weighted by Gasteiger charge is -2.28. The maximum atomic E-state index is 6.33. The molecule has 0 aromatic carbocycles. The third-order valence-corrected chi connectivity index (χ3v) is 6.21. The average molecular weight is 323 g/mol. The first-order valence-electron chi connectivity index (χ1n) is 7.35. The maximum absolute atomic E-state index is 6.33. The highest BCUT2D eigenvalue weighted by molar-refractivity contribution is 8.01. The number of aryl methyl sites for hydroxylation is 1. The van der Waals surface area contributed by atoms with Crippen molar-refractivity contribution in [3.8, 4) is 0 Å². The predicted molar refractivity (Wildman–Crippen MR) is 92.8 cm³/mol. The Kier molecular flexibility index (Phi) is 4.57. The van der Waals surface area contributed by atoms with Crippen LogP contribution < -0.4 is 10.6 Å². The van der Waals surface area contributed by atoms with Crippen molar-refractivity contribution in [2.45, 2.75) is 24.5 Å². The van der Waals surface area contributed by atoms with Gasteiger partial charge < -0.3 is 15.4 Å². The number of fused-ring (bicyclic) bond motifs is 1. The van der Waals surface area contributed by atoms with Crippen molar-refractivity contribution in [2.75, 3.05) is 42.7 Å². The van der Waals surface area contributed by atoms with Crippen LogP contribution in [0.25, 0.3) is 10.2 Å². The zero-order chi connectivity index (χ0) is 14.8. The van der Waals surface area contributed by atoms with Crippen LogP contribution in [0.3, 0.4) is 0 Å². The lowest BCUT2D eigenvalue weighted by Crippen LogP contribution is -2.36. The van der Waals surface area contributed by atoms with Gasteiger partial charge in [0, 0.05) is 18.5 Å². The van der Waals surface area contributed by atoms with Crippen molar-refractivity contribution >= 4 is 44.8 Å². The van der Waals surface area contributed by atoms with Gasteiger partial charge in [-0.05, 0) is 30.7 Å². The Hall–Kier alpha value is -0.980. The number of thiophene rings is 1. The summed E-state index contributed by atoms with van der Waals surface area (Å²) in [5, 5.41) is 1.13. The number of nitrogens with zero attached hydrogens (tertiary/aromatic N) is 2. The second-order valence-electron chi connectivity index (χ2n) is 5.23. The number of pyridine rings is 1. The van der Waals surface area contributed by atoms with Gasteiger partial charge in [-0.3, -0.25) is 0 Å². The van der Waals surface area contributed by atoms with Gasteiger partial charge in [0.05, 0.1) is 23.1 Å². The minimum atomic E-state index is 0.781. The van der Waals surface area contributed by atoms with Crippen LogP contribution in [0.1, 0.15) is 18.9 Å². The molecular formula is C15H21N3OS2. The molecule has 2 aromatic rings. The second kappa shape index (κ2) is 6.42. The standard InChI is InChI=1S/C15H21N3OS2/c1-3-8-20-15-13(16)12-10(2)9-11(17-14(12)21-15)18-4-6-19-7-5-18/h9H,3-8,16H2,1-2H3. The van der Waals surface area contributed by atoms with E-state index in [1.807, 2.05) is 11.8 Å². The summed E-state index contributed by atoms with van der Waals surface area (Å²) in [4.78, 5) is 8.20. The fraction of sp³-hybridized carbons (Fsp3) is 0.533. The van der Waals surface area contributed by atoms with E-state index in [4.69, 9.17) is 15.5 Å². The number of thioether (sulfide) groups is 1. The Morgan fingerprint density at radius 1 is 1.43 bits per heavy atom. The van der Waals surface area contributed by atoms with Gasteiger partial charge in [-0.25, -0.2) is 4.98 Å². The SMILES string of the molecule is CCCSc1sc2nc(N3CCOCC3)cc(C)c2c1N. The first-order valence-corrected chi connectivity index (χ1v) is 9.16. The fourth-order valence-corrected chi connectivity index (χ4v) is 4.80. The Labute approximate surface area is 133 Å². The van der Waals surface area contributed by atoms with E-state index in [2.05, 4.69) is 24.8 Å². The Morgan fingerprint density at radius 2 is 2.19 bits per heavy atom. The monoisotopic (exact) mass is 323 g/mol. The topological polar surface area (TPSA) is 51.4 Å². The quantitative estimate of drug-likeness (QED) is 0.872. The summed E-state index contributed by atoms with van der Waals surface area (Å²) in [6.07, 6.45) is 1.16. The molecule has 0 radical (unpaired) electrons. The number of aromatic nitrogens is 1. The molecule has 21 heavy (non-hydrogen) atoms. The highest BCUT2D eigenvalue weighted by Gasteiger charge is 2.18. The summed E-state index contributed by atoms with van der Waals surface area (Å²) in [5.41, 5.74) is 8.46. The molecule has 1 fully saturated rings. The summed E-state index contributed by atoms with van der Waals surface area (Å²) >= 11 is 3.57. The molecule has 2 N–H and O–H groups in total. The normalized spacial score (nSPS) is 15.8. The Bertz CT molecular complexity index is 635. The summed E-state index contributed by atoms with van der Waals surface area (Å²) < 4.78 is 6.63. The van der Waals surface area contributed by atoms with E-state index in [1.165, 1.54) is 9.77 Å². The van der Waals surface area contributed by atoms with Crippen molar-refractivity contribution < 1.29 is 4.74 Å². The van der Waals surface area contributed by atoms with Crippen LogP contribution in [0.2, 0.25) is 0 Å². The van der Waals surface area contributed by atoms with E-state index < -0.39 is 0 Å². The lowest BCUT2D eigenvalue weighted by molar-refractivity contribution is 0.122. The molecule has 1 saturated heterocycles. The zero-order valence-corrected chi connectivity index (χ0v) is 14.1. The number of nitrogen functional groups attached to an aromatic ring is 1. The molecule has 1 aliphatic heterocycles. The number of hydrogen-bond donors (Lipinski definition) is 1. The largest absolute Gasteiger partial charge is 0.397 e. The Morgan fingerprint density at radius 3 is 2.90 bits per heavy atom. The molecule has 0 amide bonds. The van der Waals surface area contributed by atoms with Crippen molar-refractivity contribution in [3.63, 3.8) is 0 Å². The van der Waals surface area contributed by atoms with Crippen LogP contribution in [0.15, 0.2) is 10.3 Å². The van der Waals surface area contributed by atoms with Gasteiger partial charge in [-0.15, -0.1) is 23.1 Å². The maximum Gasteiger partial charge on any atom is 0.130 e. The van der Waals surface area contributed by atoms with Gasteiger partial charge in [-0.1, -0.05) is 6.92 Å². The molecule has 3 heterocycles. The summed E-state index contributed by atoms with van der Waals surface area (Å²) in [6.45, 7) is 7.71. The van der Waals surface area contributed by atoms with Gasteiger partial charge >= 0.3 is 0 Å². The van der Waals surface area contributed by atoms with Crippen LogP contribution in [0, 0.1) is 6.92 Å². The van der Waals surface area contributed by atoms with E-state index >= 15 is 0 Å². The minimum Gasteiger partial charge on any atom is -0.397 e. The van der Waals surface area contributed by atoms with Gasteiger partial charge in [0.25, 0.3) is 0 Å². The molecule has 0 unspecified atom stereocenters. The molecule has 3 rings (SSSR count). The molecule has 114 valence electrons. The first-order chi connectivity index (χ1) is 10.2. The number of ether oxygens (including phenoxy) is 1. The third kappa shape index (κ3) is 2.98. The molecule has 0 atom stereocenters. The number of nitrogens with two attached hydrogens (primary N) is 1. The predicted octanol–water partition coefficient (Wildman–Crippen LogP) is 3.53. The van der Waals surface area contributed by atoms with Crippen molar-refractivity contribution in [1.29, 1.82) is 0 Å². The first kappa shape index (κ1) is 14.9. The summed E-state index contributed by atoms with van der Waals surface area (Å²) in [5.74, 6) is 2.16. The number of anilines is 2. The van der Waals surface area contributed by atoms with Crippen LogP contribution in [-0.2, 0) is 4.74 Å². The van der Waals surface area contributed by atoms with Gasteiger partial charge in [0.2, 0.25) is 0 Å². The molecule has 0 aliphatic carbocycles. The second-order valence-corrected chi connectivity index (χ2v) is 7.59. The molecule has 2 aromatic heterocycles. The van der Waals surface area contributed by atoms with Gasteiger partial charge in [-0.2, -0.15) is 0 Å². The van der Waals surface area contributed by atoms with E-state index in [-0.39, 0.29) is 0 Å². The summed E-state index contributed by atoms with van der Waals surface area (Å²) in [6, 6.07) is 2.16. The lowest BCUT2D eigenvalue weighted by atomic mass is 10.2. The van der Waals surface area contributed by atoms with E-state index in [1.54, 1.807) is 11.3 Å². The fourth-order valence-electron chi connectivity index (χ4n) is 2.53. The van der Waals surface area contributed by atoms with Crippen LogP contribution in [0.4, 0.5) is 11.5 Å². The molecular weight excluding hydrogens is 302 g/mol. The highest BCUT2D eigenvalue weighted by atomic mass is 32.2. The highest BCUT2D eigenvalue weighted by Crippen LogP contribution is 2.42. The molecule has 0 bridgehead atoms. The molecule has 0 spiro atoms. The zero-order valence-electron chi connectivity index (χ0n) is 12.5. The van der Waals surface area contributed by atoms with E-state index in [0.717, 1.165) is 60.2 Å². The van der Waals surface area contributed by atoms with Crippen molar-refractivity contribution in [3.05, 3.63) is 11.6 Å². The number of rotatable bonds is 4. The Balaban J connectivity index is 1.98. The molecule has 4 nitrogen and oxygen atoms in total. The molecule has 6 heteroatoms. The van der Waals surface area contributed by atoms with Crippen LogP contribution in [-0.4, -0.2) is 37.0 Å². The van der Waals surface area contributed by atoms with Crippen LogP contribution >= 0.6 is 23.1 Å². The number of hydrogen-bond acceptors (Lipinski definition) is 6. The average Bonchev–Trinajstić information content (AvgIpc) is 2.82. The van der Waals surface area contributed by atoms with Crippen molar-refractivity contribution in [2.24, 2.45) is 0 Å². The smallest absolute Gasteiger partial charge is 0.130 e. The molecule has 1 aliphatic rings. The number of morpholine rings is 1.